The van der Waals surface area contributed by atoms with Crippen LogP contribution in [0.15, 0.2) is 48.5 Å². The normalized spacial score (nSPS) is 15.2. The average molecular weight is 394 g/mol. The second-order valence-corrected chi connectivity index (χ2v) is 7.67. The van der Waals surface area contributed by atoms with Gasteiger partial charge in [-0.2, -0.15) is 9.78 Å². The third-order valence-electron chi connectivity index (χ3n) is 5.43. The monoisotopic (exact) mass is 393 g/mol. The van der Waals surface area contributed by atoms with Crippen molar-refractivity contribution in [3.05, 3.63) is 64.8 Å². The highest BCUT2D eigenvalue weighted by Crippen LogP contribution is 2.41. The van der Waals surface area contributed by atoms with Crippen LogP contribution in [0, 0.1) is 0 Å². The summed E-state index contributed by atoms with van der Waals surface area (Å²) >= 11 is 6.21. The number of rotatable bonds is 2. The number of nitrogens with zero attached hydrogens (tertiary/aromatic N) is 3. The van der Waals surface area contributed by atoms with E-state index in [-0.39, 0.29) is 6.09 Å². The van der Waals surface area contributed by atoms with Crippen LogP contribution in [0.2, 0.25) is 5.02 Å². The van der Waals surface area contributed by atoms with Crippen molar-refractivity contribution in [3.63, 3.8) is 0 Å². The Labute approximate surface area is 168 Å². The van der Waals surface area contributed by atoms with Crippen molar-refractivity contribution in [1.29, 1.82) is 0 Å². The van der Waals surface area contributed by atoms with E-state index in [2.05, 4.69) is 12.1 Å². The molecule has 2 aliphatic rings. The van der Waals surface area contributed by atoms with E-state index in [1.165, 1.54) is 5.56 Å². The molecule has 28 heavy (non-hydrogen) atoms. The van der Waals surface area contributed by atoms with Crippen LogP contribution in [0.3, 0.4) is 0 Å². The Morgan fingerprint density at radius 1 is 1.04 bits per heavy atom. The second-order valence-electron chi connectivity index (χ2n) is 7.24. The highest BCUT2D eigenvalue weighted by atomic mass is 35.5. The van der Waals surface area contributed by atoms with Crippen LogP contribution >= 0.6 is 11.6 Å². The van der Waals surface area contributed by atoms with Crippen molar-refractivity contribution in [3.8, 4) is 22.7 Å². The summed E-state index contributed by atoms with van der Waals surface area (Å²) in [5, 5.41) is 5.42. The lowest BCUT2D eigenvalue weighted by atomic mass is 9.90. The second kappa shape index (κ2) is 6.99. The molecule has 5 nitrogen and oxygen atoms in total. The number of aryl methyl sites for hydroxylation is 2. The minimum Gasteiger partial charge on any atom is -0.390 e. The van der Waals surface area contributed by atoms with Gasteiger partial charge in [0.1, 0.15) is 0 Å². The maximum atomic E-state index is 12.8. The molecule has 0 N–H and O–H groups in total. The van der Waals surface area contributed by atoms with Gasteiger partial charge in [0.2, 0.25) is 5.88 Å². The zero-order valence-corrected chi connectivity index (χ0v) is 16.2. The Morgan fingerprint density at radius 3 is 2.68 bits per heavy atom. The summed E-state index contributed by atoms with van der Waals surface area (Å²) in [7, 11) is 0. The van der Waals surface area contributed by atoms with Crippen molar-refractivity contribution in [2.24, 2.45) is 0 Å². The molecule has 1 saturated heterocycles. The van der Waals surface area contributed by atoms with E-state index in [1.54, 1.807) is 9.58 Å². The number of amides is 1. The van der Waals surface area contributed by atoms with E-state index in [9.17, 15) is 4.79 Å². The molecular weight excluding hydrogens is 374 g/mol. The van der Waals surface area contributed by atoms with E-state index in [4.69, 9.17) is 21.4 Å². The smallest absolute Gasteiger partial charge is 0.390 e. The maximum Gasteiger partial charge on any atom is 0.416 e. The summed E-state index contributed by atoms with van der Waals surface area (Å²) in [6, 6.07) is 15.7. The number of benzene rings is 2. The molecular formula is C22H20ClN3O2. The van der Waals surface area contributed by atoms with Crippen LogP contribution in [0.5, 0.6) is 5.88 Å². The molecule has 1 aliphatic carbocycles. The summed E-state index contributed by atoms with van der Waals surface area (Å²) in [4.78, 5) is 14.6. The summed E-state index contributed by atoms with van der Waals surface area (Å²) in [5.41, 5.74) is 4.97. The fourth-order valence-corrected chi connectivity index (χ4v) is 4.23. The Balaban J connectivity index is 1.66. The Morgan fingerprint density at radius 2 is 1.86 bits per heavy atom. The number of carbonyl (C=O) groups excluding carboxylic acids is 1. The number of hydrogen-bond donors (Lipinski definition) is 0. The summed E-state index contributed by atoms with van der Waals surface area (Å²) in [6.45, 7) is 1.48. The van der Waals surface area contributed by atoms with E-state index in [0.717, 1.165) is 61.3 Å². The lowest BCUT2D eigenvalue weighted by Crippen LogP contribution is -2.31. The van der Waals surface area contributed by atoms with E-state index in [0.29, 0.717) is 10.9 Å². The van der Waals surface area contributed by atoms with Crippen LogP contribution in [-0.4, -0.2) is 33.9 Å². The van der Waals surface area contributed by atoms with Gasteiger partial charge in [0.25, 0.3) is 0 Å². The molecule has 1 fully saturated rings. The van der Waals surface area contributed by atoms with Gasteiger partial charge in [0.15, 0.2) is 0 Å². The molecule has 0 spiro atoms. The number of aromatic nitrogens is 2. The molecule has 2 aromatic carbocycles. The molecule has 0 radical (unpaired) electrons. The third-order valence-corrected chi connectivity index (χ3v) is 5.67. The van der Waals surface area contributed by atoms with Crippen LogP contribution in [0.25, 0.3) is 16.8 Å². The summed E-state index contributed by atoms with van der Waals surface area (Å²) in [6.07, 6.45) is 3.46. The molecule has 0 bridgehead atoms. The molecule has 0 atom stereocenters. The first-order valence-corrected chi connectivity index (χ1v) is 10.0. The zero-order valence-electron chi connectivity index (χ0n) is 15.4. The SMILES string of the molecule is O=C(Oc1c2c(nn1-c1cccc(Cl)c1)CCc1ccccc1-2)N1CCCC1. The van der Waals surface area contributed by atoms with Gasteiger partial charge in [-0.05, 0) is 55.0 Å². The first-order chi connectivity index (χ1) is 13.7. The van der Waals surface area contributed by atoms with Crippen LogP contribution < -0.4 is 4.74 Å². The van der Waals surface area contributed by atoms with Gasteiger partial charge in [-0.3, -0.25) is 0 Å². The van der Waals surface area contributed by atoms with Crippen molar-refractivity contribution in [2.75, 3.05) is 13.1 Å². The van der Waals surface area contributed by atoms with Gasteiger partial charge >= 0.3 is 6.09 Å². The Hall–Kier alpha value is -2.79. The minimum atomic E-state index is -0.313. The molecule has 142 valence electrons. The highest BCUT2D eigenvalue weighted by Gasteiger charge is 2.30. The molecule has 1 aromatic heterocycles. The number of carbonyl (C=O) groups is 1. The Bertz CT molecular complexity index is 1050. The van der Waals surface area contributed by atoms with Crippen LogP contribution in [-0.2, 0) is 12.8 Å². The van der Waals surface area contributed by atoms with E-state index < -0.39 is 0 Å². The van der Waals surface area contributed by atoms with Gasteiger partial charge in [0.05, 0.1) is 16.9 Å². The molecule has 5 rings (SSSR count). The predicted octanol–water partition coefficient (Wildman–Crippen LogP) is 4.89. The zero-order chi connectivity index (χ0) is 19.1. The van der Waals surface area contributed by atoms with Gasteiger partial charge in [-0.1, -0.05) is 41.9 Å². The molecule has 1 amide bonds. The number of ether oxygens (including phenoxy) is 1. The van der Waals surface area contributed by atoms with Gasteiger partial charge < -0.3 is 9.64 Å². The van der Waals surface area contributed by atoms with Gasteiger partial charge in [-0.15, -0.1) is 0 Å². The molecule has 0 saturated carbocycles. The molecule has 0 unspecified atom stereocenters. The van der Waals surface area contributed by atoms with Crippen molar-refractivity contribution in [2.45, 2.75) is 25.7 Å². The fraction of sp³-hybridized carbons (Fsp3) is 0.273. The lowest BCUT2D eigenvalue weighted by molar-refractivity contribution is 0.160. The Kier molecular flexibility index (Phi) is 4.32. The number of fused-ring (bicyclic) bond motifs is 3. The van der Waals surface area contributed by atoms with E-state index in [1.807, 2.05) is 36.4 Å². The highest BCUT2D eigenvalue weighted by molar-refractivity contribution is 6.30. The largest absolute Gasteiger partial charge is 0.416 e. The van der Waals surface area contributed by atoms with E-state index >= 15 is 0 Å². The van der Waals surface area contributed by atoms with Crippen molar-refractivity contribution < 1.29 is 9.53 Å². The first-order valence-electron chi connectivity index (χ1n) is 9.63. The molecule has 6 heteroatoms. The quantitative estimate of drug-likeness (QED) is 0.623. The molecule has 3 aromatic rings. The molecule has 1 aliphatic heterocycles. The topological polar surface area (TPSA) is 47.4 Å². The third kappa shape index (κ3) is 2.96. The summed E-state index contributed by atoms with van der Waals surface area (Å²) in [5.74, 6) is 0.473. The van der Waals surface area contributed by atoms with Gasteiger partial charge in [0, 0.05) is 18.1 Å². The van der Waals surface area contributed by atoms with Crippen molar-refractivity contribution in [1.82, 2.24) is 14.7 Å². The number of halogens is 1. The number of likely N-dealkylation sites (tertiary alicyclic amines) is 1. The summed E-state index contributed by atoms with van der Waals surface area (Å²) < 4.78 is 7.68. The maximum absolute atomic E-state index is 12.8. The molecule has 2 heterocycles. The lowest BCUT2D eigenvalue weighted by Gasteiger charge is -2.19. The van der Waals surface area contributed by atoms with Crippen molar-refractivity contribution >= 4 is 17.7 Å². The predicted molar refractivity (Wildman–Crippen MR) is 108 cm³/mol. The van der Waals surface area contributed by atoms with Crippen LogP contribution in [0.4, 0.5) is 4.79 Å². The minimum absolute atomic E-state index is 0.313. The van der Waals surface area contributed by atoms with Gasteiger partial charge in [-0.25, -0.2) is 4.79 Å². The standard InChI is InChI=1S/C22H20ClN3O2/c23-16-7-5-8-17(14-16)26-21(28-22(27)25-12-3-4-13-25)20-18-9-2-1-6-15(18)10-11-19(20)24-26/h1-2,5-9,14H,3-4,10-13H2. The first kappa shape index (κ1) is 17.3. The average Bonchev–Trinajstić information content (AvgIpc) is 3.36. The fourth-order valence-electron chi connectivity index (χ4n) is 4.05. The van der Waals surface area contributed by atoms with Crippen LogP contribution in [0.1, 0.15) is 24.1 Å². The number of hydrogen-bond acceptors (Lipinski definition) is 3.